The smallest absolute Gasteiger partial charge is 0.301 e. The van der Waals surface area contributed by atoms with E-state index in [1.165, 1.54) is 33.6 Å². The van der Waals surface area contributed by atoms with E-state index in [-0.39, 0.29) is 16.5 Å². The van der Waals surface area contributed by atoms with Gasteiger partial charge in [0.25, 0.3) is 5.78 Å². The molecule has 0 radical (unpaired) electrons. The summed E-state index contributed by atoms with van der Waals surface area (Å²) in [5.41, 5.74) is 5.44. The van der Waals surface area contributed by atoms with Crippen LogP contribution in [-0.2, 0) is 21.9 Å². The molecule has 5 aromatic rings. The van der Waals surface area contributed by atoms with E-state index in [1.807, 2.05) is 32.0 Å². The molecule has 1 unspecified atom stereocenters. The Kier molecular flexibility index (Phi) is 9.02. The number of hydrogen-bond acceptors (Lipinski definition) is 8. The van der Waals surface area contributed by atoms with Crippen molar-refractivity contribution in [1.82, 2.24) is 10.2 Å². The van der Waals surface area contributed by atoms with Gasteiger partial charge in [-0.15, -0.1) is 10.2 Å². The number of ketones is 1. The summed E-state index contributed by atoms with van der Waals surface area (Å²) in [6.45, 7) is 4.46. The zero-order chi connectivity index (χ0) is 31.5. The normalized spacial score (nSPS) is 15.9. The fourth-order valence-corrected chi connectivity index (χ4v) is 6.96. The van der Waals surface area contributed by atoms with E-state index in [0.717, 1.165) is 16.7 Å². The van der Waals surface area contributed by atoms with E-state index in [0.29, 0.717) is 38.6 Å². The van der Waals surface area contributed by atoms with Crippen LogP contribution in [-0.4, -0.2) is 27.0 Å². The fourth-order valence-electron chi connectivity index (χ4n) is 5.01. The SMILES string of the molecule is Cc1ccc(CSc2nnc(N3C(=O)C(=O)/C(=C(/O)c4ccc(OCc5cccc(C)c5)cc4)C3c3ccc(Cl)cc3)s2)cc1. The molecule has 45 heavy (non-hydrogen) atoms. The van der Waals surface area contributed by atoms with E-state index in [4.69, 9.17) is 16.3 Å². The Morgan fingerprint density at radius 2 is 1.64 bits per heavy atom. The number of nitrogens with zero attached hydrogens (tertiary/aromatic N) is 3. The monoisotopic (exact) mass is 653 g/mol. The predicted octanol–water partition coefficient (Wildman–Crippen LogP) is 8.31. The highest BCUT2D eigenvalue weighted by molar-refractivity contribution is 8.00. The summed E-state index contributed by atoms with van der Waals surface area (Å²) in [5.74, 6) is -0.608. The molecule has 6 rings (SSSR count). The molecule has 0 saturated carbocycles. The van der Waals surface area contributed by atoms with Crippen molar-refractivity contribution >= 4 is 57.3 Å². The summed E-state index contributed by atoms with van der Waals surface area (Å²) in [5, 5.41) is 20.8. The molecule has 226 valence electrons. The van der Waals surface area contributed by atoms with E-state index in [1.54, 1.807) is 48.5 Å². The number of aliphatic hydroxyl groups is 1. The lowest BCUT2D eigenvalue weighted by molar-refractivity contribution is -0.132. The Balaban J connectivity index is 1.29. The largest absolute Gasteiger partial charge is 0.507 e. The number of carbonyl (C=O) groups is 2. The van der Waals surface area contributed by atoms with Gasteiger partial charge in [0.1, 0.15) is 18.1 Å². The summed E-state index contributed by atoms with van der Waals surface area (Å²) in [4.78, 5) is 28.4. The molecular weight excluding hydrogens is 626 g/mol. The van der Waals surface area contributed by atoms with E-state index >= 15 is 0 Å². The highest BCUT2D eigenvalue weighted by Crippen LogP contribution is 2.44. The Labute approximate surface area is 274 Å². The van der Waals surface area contributed by atoms with Gasteiger partial charge in [-0.05, 0) is 66.9 Å². The number of aliphatic hydroxyl groups excluding tert-OH is 1. The second-order valence-corrected chi connectivity index (χ2v) is 13.3. The first-order chi connectivity index (χ1) is 21.8. The van der Waals surface area contributed by atoms with Crippen LogP contribution in [0.1, 0.15) is 39.4 Å². The average Bonchev–Trinajstić information content (AvgIpc) is 3.62. The zero-order valence-corrected chi connectivity index (χ0v) is 26.8. The first-order valence-electron chi connectivity index (χ1n) is 14.1. The Hall–Kier alpha value is -4.44. The van der Waals surface area contributed by atoms with Gasteiger partial charge in [0, 0.05) is 16.3 Å². The van der Waals surface area contributed by atoms with Gasteiger partial charge in [-0.1, -0.05) is 106 Å². The van der Waals surface area contributed by atoms with Crippen LogP contribution in [0, 0.1) is 13.8 Å². The molecule has 0 bridgehead atoms. The quantitative estimate of drug-likeness (QED) is 0.0562. The van der Waals surface area contributed by atoms with Gasteiger partial charge in [-0.2, -0.15) is 0 Å². The average molecular weight is 654 g/mol. The third kappa shape index (κ3) is 6.81. The van der Waals surface area contributed by atoms with Gasteiger partial charge in [0.05, 0.1) is 11.6 Å². The molecule has 1 aliphatic rings. The van der Waals surface area contributed by atoms with Gasteiger partial charge in [-0.3, -0.25) is 14.5 Å². The van der Waals surface area contributed by atoms with Crippen molar-refractivity contribution in [3.05, 3.63) is 141 Å². The minimum atomic E-state index is -0.928. The molecule has 1 N–H and O–H groups in total. The minimum absolute atomic E-state index is 0.0418. The van der Waals surface area contributed by atoms with Crippen LogP contribution in [0.3, 0.4) is 0 Å². The molecule has 1 atom stereocenters. The second kappa shape index (κ2) is 13.3. The summed E-state index contributed by atoms with van der Waals surface area (Å²) in [6, 6.07) is 29.0. The number of rotatable bonds is 9. The molecule has 1 aromatic heterocycles. The van der Waals surface area contributed by atoms with Crippen molar-refractivity contribution in [2.45, 2.75) is 36.6 Å². The van der Waals surface area contributed by atoms with E-state index in [9.17, 15) is 14.7 Å². The maximum Gasteiger partial charge on any atom is 0.301 e. The molecule has 1 amide bonds. The number of aromatic nitrogens is 2. The van der Waals surface area contributed by atoms with Crippen molar-refractivity contribution in [3.63, 3.8) is 0 Å². The third-order valence-electron chi connectivity index (χ3n) is 7.33. The van der Waals surface area contributed by atoms with Crippen LogP contribution in [0.4, 0.5) is 5.13 Å². The van der Waals surface area contributed by atoms with Crippen molar-refractivity contribution in [2.24, 2.45) is 0 Å². The first kappa shape index (κ1) is 30.6. The number of halogens is 1. The summed E-state index contributed by atoms with van der Waals surface area (Å²) in [7, 11) is 0. The first-order valence-corrected chi connectivity index (χ1v) is 16.3. The number of Topliss-reactive ketones (excluding diaryl/α,β-unsaturated/α-hetero) is 1. The molecule has 0 aliphatic carbocycles. The minimum Gasteiger partial charge on any atom is -0.507 e. The molecule has 2 heterocycles. The number of hydrogen-bond donors (Lipinski definition) is 1. The van der Waals surface area contributed by atoms with Crippen molar-refractivity contribution < 1.29 is 19.4 Å². The van der Waals surface area contributed by atoms with Crippen LogP contribution in [0.5, 0.6) is 5.75 Å². The standard InChI is InChI=1S/C35H28ClN3O4S2/c1-21-6-8-23(9-7-21)20-44-35-38-37-34(45-35)39-30(25-10-14-27(36)15-11-25)29(32(41)33(39)42)31(40)26-12-16-28(17-13-26)43-19-24-5-3-4-22(2)18-24/h3-18,30,40H,19-20H2,1-2H3/b31-29+. The highest BCUT2D eigenvalue weighted by atomic mass is 35.5. The predicted molar refractivity (Wildman–Crippen MR) is 179 cm³/mol. The van der Waals surface area contributed by atoms with E-state index < -0.39 is 17.7 Å². The van der Waals surface area contributed by atoms with Gasteiger partial charge in [0.2, 0.25) is 5.13 Å². The van der Waals surface area contributed by atoms with Crippen molar-refractivity contribution in [3.8, 4) is 5.75 Å². The maximum absolute atomic E-state index is 13.5. The Morgan fingerprint density at radius 1 is 0.911 bits per heavy atom. The van der Waals surface area contributed by atoms with Gasteiger partial charge < -0.3 is 9.84 Å². The number of ether oxygens (including phenoxy) is 1. The third-order valence-corrected chi connectivity index (χ3v) is 9.71. The molecule has 4 aromatic carbocycles. The lowest BCUT2D eigenvalue weighted by atomic mass is 9.95. The zero-order valence-electron chi connectivity index (χ0n) is 24.4. The van der Waals surface area contributed by atoms with Gasteiger partial charge in [0.15, 0.2) is 4.34 Å². The summed E-state index contributed by atoms with van der Waals surface area (Å²) in [6.07, 6.45) is 0. The molecule has 7 nitrogen and oxygen atoms in total. The lowest BCUT2D eigenvalue weighted by Crippen LogP contribution is -2.29. The highest BCUT2D eigenvalue weighted by Gasteiger charge is 2.48. The number of amides is 1. The van der Waals surface area contributed by atoms with Crippen molar-refractivity contribution in [2.75, 3.05) is 4.90 Å². The summed E-state index contributed by atoms with van der Waals surface area (Å²) < 4.78 is 6.58. The molecule has 0 spiro atoms. The van der Waals surface area contributed by atoms with Crippen molar-refractivity contribution in [1.29, 1.82) is 0 Å². The summed E-state index contributed by atoms with van der Waals surface area (Å²) >= 11 is 8.89. The number of aryl methyl sites for hydroxylation is 2. The van der Waals surface area contributed by atoms with Gasteiger partial charge in [-0.25, -0.2) is 0 Å². The molecule has 10 heteroatoms. The Bertz CT molecular complexity index is 1890. The van der Waals surface area contributed by atoms with Crippen LogP contribution < -0.4 is 9.64 Å². The van der Waals surface area contributed by atoms with Crippen LogP contribution >= 0.6 is 34.7 Å². The lowest BCUT2D eigenvalue weighted by Gasteiger charge is -2.22. The molecular formula is C35H28ClN3O4S2. The number of anilines is 1. The topological polar surface area (TPSA) is 92.6 Å². The van der Waals surface area contributed by atoms with Crippen LogP contribution in [0.15, 0.2) is 107 Å². The number of thioether (sulfide) groups is 1. The fraction of sp³-hybridized carbons (Fsp3) is 0.143. The second-order valence-electron chi connectivity index (χ2n) is 10.6. The van der Waals surface area contributed by atoms with Crippen LogP contribution in [0.25, 0.3) is 5.76 Å². The number of benzene rings is 4. The van der Waals surface area contributed by atoms with Gasteiger partial charge >= 0.3 is 5.91 Å². The Morgan fingerprint density at radius 3 is 2.36 bits per heavy atom. The molecule has 1 saturated heterocycles. The molecule has 1 fully saturated rings. The van der Waals surface area contributed by atoms with E-state index in [2.05, 4.69) is 40.5 Å². The maximum atomic E-state index is 13.5. The van der Waals surface area contributed by atoms with Crippen LogP contribution in [0.2, 0.25) is 5.02 Å². The number of carbonyl (C=O) groups excluding carboxylic acids is 2. The molecule has 1 aliphatic heterocycles.